The van der Waals surface area contributed by atoms with Crippen molar-refractivity contribution in [2.24, 2.45) is 0 Å². The topological polar surface area (TPSA) is 6.48 Å². The standard InChI is InChI=1S/C10H23BN2/c1-9(2,3)12-7-8-13(11-12)10(4,5)6/h11H,7-8H2,1-6H3. The molecule has 13 heavy (non-hydrogen) atoms. The van der Waals surface area contributed by atoms with E-state index in [1.54, 1.807) is 0 Å². The molecule has 1 saturated heterocycles. The van der Waals surface area contributed by atoms with Crippen LogP contribution in [0.1, 0.15) is 41.5 Å². The van der Waals surface area contributed by atoms with Gasteiger partial charge in [0.25, 0.3) is 7.55 Å². The van der Waals surface area contributed by atoms with Gasteiger partial charge in [0.2, 0.25) is 0 Å². The van der Waals surface area contributed by atoms with Crippen molar-refractivity contribution in [2.45, 2.75) is 52.6 Å². The van der Waals surface area contributed by atoms with Crippen molar-refractivity contribution in [1.82, 2.24) is 9.62 Å². The third-order valence-corrected chi connectivity index (χ3v) is 2.88. The monoisotopic (exact) mass is 182 g/mol. The van der Waals surface area contributed by atoms with Gasteiger partial charge in [-0.3, -0.25) is 0 Å². The SMILES string of the molecule is CC(C)(C)N1BN(C(C)(C)C)CC1. The van der Waals surface area contributed by atoms with Crippen molar-refractivity contribution in [3.8, 4) is 0 Å². The summed E-state index contributed by atoms with van der Waals surface area (Å²) in [4.78, 5) is 5.08. The van der Waals surface area contributed by atoms with Crippen molar-refractivity contribution >= 4 is 7.55 Å². The Kier molecular flexibility index (Phi) is 2.79. The Bertz CT molecular complexity index is 158. The highest BCUT2D eigenvalue weighted by atomic mass is 15.3. The average molecular weight is 182 g/mol. The van der Waals surface area contributed by atoms with E-state index in [2.05, 4.69) is 51.2 Å². The first kappa shape index (κ1) is 11.1. The van der Waals surface area contributed by atoms with Gasteiger partial charge < -0.3 is 9.62 Å². The van der Waals surface area contributed by atoms with Gasteiger partial charge in [-0.2, -0.15) is 0 Å². The second kappa shape index (κ2) is 3.28. The van der Waals surface area contributed by atoms with E-state index < -0.39 is 0 Å². The molecule has 0 unspecified atom stereocenters. The zero-order valence-electron chi connectivity index (χ0n) is 10.0. The molecule has 1 rings (SSSR count). The average Bonchev–Trinajstić information content (AvgIpc) is 2.28. The second-order valence-corrected chi connectivity index (χ2v) is 6.01. The van der Waals surface area contributed by atoms with E-state index in [4.69, 9.17) is 0 Å². The molecule has 1 fully saturated rings. The molecule has 0 spiro atoms. The van der Waals surface area contributed by atoms with Gasteiger partial charge >= 0.3 is 0 Å². The fraction of sp³-hybridized carbons (Fsp3) is 1.00. The summed E-state index contributed by atoms with van der Waals surface area (Å²) in [6, 6.07) is 0. The summed E-state index contributed by atoms with van der Waals surface area (Å²) >= 11 is 0. The first-order chi connectivity index (χ1) is 5.71. The maximum absolute atomic E-state index is 2.54. The third-order valence-electron chi connectivity index (χ3n) is 2.88. The molecule has 0 atom stereocenters. The number of rotatable bonds is 0. The summed E-state index contributed by atoms with van der Waals surface area (Å²) in [5, 5.41) is 0. The fourth-order valence-corrected chi connectivity index (χ4v) is 1.68. The summed E-state index contributed by atoms with van der Waals surface area (Å²) in [7, 11) is 1.12. The smallest absolute Gasteiger partial charge is 0.292 e. The Morgan fingerprint density at radius 3 is 1.23 bits per heavy atom. The lowest BCUT2D eigenvalue weighted by Crippen LogP contribution is -2.47. The van der Waals surface area contributed by atoms with Crippen LogP contribution in [0.5, 0.6) is 0 Å². The lowest BCUT2D eigenvalue weighted by atomic mass is 9.92. The van der Waals surface area contributed by atoms with Crippen LogP contribution in [0.15, 0.2) is 0 Å². The highest BCUT2D eigenvalue weighted by Crippen LogP contribution is 2.22. The summed E-state index contributed by atoms with van der Waals surface area (Å²) < 4.78 is 0. The van der Waals surface area contributed by atoms with E-state index in [1.165, 1.54) is 13.1 Å². The van der Waals surface area contributed by atoms with Crippen LogP contribution in [0, 0.1) is 0 Å². The Morgan fingerprint density at radius 1 is 0.769 bits per heavy atom. The van der Waals surface area contributed by atoms with Crippen LogP contribution in [0.4, 0.5) is 0 Å². The van der Waals surface area contributed by atoms with E-state index in [-0.39, 0.29) is 0 Å². The molecule has 0 aromatic rings. The molecule has 76 valence electrons. The van der Waals surface area contributed by atoms with E-state index in [0.29, 0.717) is 11.1 Å². The molecule has 0 bridgehead atoms. The molecule has 0 aromatic carbocycles. The van der Waals surface area contributed by atoms with Crippen LogP contribution >= 0.6 is 0 Å². The molecule has 0 amide bonds. The Hall–Kier alpha value is -0.0151. The maximum Gasteiger partial charge on any atom is 0.292 e. The molecular formula is C10H23BN2. The lowest BCUT2D eigenvalue weighted by Gasteiger charge is -2.34. The van der Waals surface area contributed by atoms with E-state index in [0.717, 1.165) is 7.55 Å². The van der Waals surface area contributed by atoms with Crippen LogP contribution in [-0.4, -0.2) is 41.3 Å². The Balaban J connectivity index is 2.55. The number of hydrogen-bond donors (Lipinski definition) is 0. The van der Waals surface area contributed by atoms with E-state index in [9.17, 15) is 0 Å². The normalized spacial score (nSPS) is 22.0. The van der Waals surface area contributed by atoms with Crippen molar-refractivity contribution in [2.75, 3.05) is 13.1 Å². The fourth-order valence-electron chi connectivity index (χ4n) is 1.68. The van der Waals surface area contributed by atoms with E-state index in [1.807, 2.05) is 0 Å². The van der Waals surface area contributed by atoms with Crippen molar-refractivity contribution in [3.05, 3.63) is 0 Å². The molecule has 0 N–H and O–H groups in total. The first-order valence-electron chi connectivity index (χ1n) is 5.21. The molecule has 0 aliphatic carbocycles. The first-order valence-corrected chi connectivity index (χ1v) is 5.21. The van der Waals surface area contributed by atoms with Gasteiger partial charge in [-0.25, -0.2) is 0 Å². The second-order valence-electron chi connectivity index (χ2n) is 6.01. The van der Waals surface area contributed by atoms with Gasteiger partial charge in [-0.1, -0.05) is 0 Å². The van der Waals surface area contributed by atoms with Gasteiger partial charge in [-0.05, 0) is 41.5 Å². The minimum Gasteiger partial charge on any atom is -0.325 e. The van der Waals surface area contributed by atoms with Gasteiger partial charge in [0.1, 0.15) is 0 Å². The van der Waals surface area contributed by atoms with Crippen LogP contribution in [-0.2, 0) is 0 Å². The Morgan fingerprint density at radius 2 is 1.08 bits per heavy atom. The maximum atomic E-state index is 2.54. The predicted octanol–water partition coefficient (Wildman–Crippen LogP) is 1.47. The summed E-state index contributed by atoms with van der Waals surface area (Å²) in [5.74, 6) is 0. The zero-order chi connectivity index (χ0) is 10.3. The van der Waals surface area contributed by atoms with Crippen LogP contribution in [0.2, 0.25) is 0 Å². The van der Waals surface area contributed by atoms with Gasteiger partial charge in [0, 0.05) is 24.2 Å². The quantitative estimate of drug-likeness (QED) is 0.523. The van der Waals surface area contributed by atoms with E-state index >= 15 is 0 Å². The highest BCUT2D eigenvalue weighted by molar-refractivity contribution is 6.30. The van der Waals surface area contributed by atoms with Gasteiger partial charge in [-0.15, -0.1) is 0 Å². The van der Waals surface area contributed by atoms with Crippen LogP contribution < -0.4 is 0 Å². The van der Waals surface area contributed by atoms with Crippen molar-refractivity contribution < 1.29 is 0 Å². The summed E-state index contributed by atoms with van der Waals surface area (Å²) in [6.45, 7) is 16.2. The molecular weight excluding hydrogens is 159 g/mol. The minimum atomic E-state index is 0.319. The van der Waals surface area contributed by atoms with Gasteiger partial charge in [0.15, 0.2) is 0 Å². The highest BCUT2D eigenvalue weighted by Gasteiger charge is 2.34. The summed E-state index contributed by atoms with van der Waals surface area (Å²) in [5.41, 5.74) is 0.639. The third kappa shape index (κ3) is 2.71. The molecule has 1 heterocycles. The van der Waals surface area contributed by atoms with Crippen LogP contribution in [0.25, 0.3) is 0 Å². The van der Waals surface area contributed by atoms with Gasteiger partial charge in [0.05, 0.1) is 0 Å². The molecule has 0 radical (unpaired) electrons. The molecule has 0 saturated carbocycles. The van der Waals surface area contributed by atoms with Crippen molar-refractivity contribution in [1.29, 1.82) is 0 Å². The van der Waals surface area contributed by atoms with Crippen LogP contribution in [0.3, 0.4) is 0 Å². The molecule has 3 heteroatoms. The molecule has 0 aromatic heterocycles. The lowest BCUT2D eigenvalue weighted by molar-refractivity contribution is 0.271. The minimum absolute atomic E-state index is 0.319. The largest absolute Gasteiger partial charge is 0.325 e. The Labute approximate surface area is 83.6 Å². The summed E-state index contributed by atoms with van der Waals surface area (Å²) in [6.07, 6.45) is 0. The number of nitrogens with zero attached hydrogens (tertiary/aromatic N) is 2. The molecule has 2 nitrogen and oxygen atoms in total. The molecule has 1 aliphatic heterocycles. The predicted molar refractivity (Wildman–Crippen MR) is 60.1 cm³/mol. The molecule has 1 aliphatic rings. The van der Waals surface area contributed by atoms with Crippen molar-refractivity contribution in [3.63, 3.8) is 0 Å². The zero-order valence-corrected chi connectivity index (χ0v) is 10.0. The number of hydrogen-bond acceptors (Lipinski definition) is 2.